The number of hydrogen-bond acceptors (Lipinski definition) is 8. The molecule has 1 aliphatic heterocycles. The highest BCUT2D eigenvalue weighted by Crippen LogP contribution is 2.46. The summed E-state index contributed by atoms with van der Waals surface area (Å²) in [4.78, 5) is 40.6. The molecule has 2 aromatic carbocycles. The van der Waals surface area contributed by atoms with E-state index in [1.807, 2.05) is 64.9 Å². The second-order valence-corrected chi connectivity index (χ2v) is 8.93. The van der Waals surface area contributed by atoms with Crippen LogP contribution in [0, 0.1) is 0 Å². The summed E-state index contributed by atoms with van der Waals surface area (Å²) >= 11 is 2.88. The van der Waals surface area contributed by atoms with Gasteiger partial charge in [0.1, 0.15) is 15.6 Å². The van der Waals surface area contributed by atoms with Crippen LogP contribution in [-0.4, -0.2) is 26.6 Å². The number of carbonyl (C=O) groups excluding carboxylic acids is 2. The summed E-state index contributed by atoms with van der Waals surface area (Å²) < 4.78 is 1.06. The first-order valence-corrected chi connectivity index (χ1v) is 11.7. The number of nitrogens with one attached hydrogen (secondary N) is 1. The summed E-state index contributed by atoms with van der Waals surface area (Å²) in [7, 11) is 0. The van der Waals surface area contributed by atoms with Crippen LogP contribution in [0.5, 0.6) is 0 Å². The lowest BCUT2D eigenvalue weighted by Crippen LogP contribution is -2.26. The van der Waals surface area contributed by atoms with Crippen LogP contribution in [0.4, 0.5) is 11.6 Å². The van der Waals surface area contributed by atoms with Crippen LogP contribution in [0.15, 0.2) is 89.1 Å². The van der Waals surface area contributed by atoms with Gasteiger partial charge in [-0.05, 0) is 37.3 Å². The van der Waals surface area contributed by atoms with Gasteiger partial charge in [0.25, 0.3) is 5.91 Å². The number of carbonyl (C=O) groups is 2. The first kappa shape index (κ1) is 21.0. The van der Waals surface area contributed by atoms with Gasteiger partial charge in [-0.3, -0.25) is 14.9 Å². The maximum absolute atomic E-state index is 13.2. The molecule has 162 valence electrons. The topological polar surface area (TPSA) is 88.1 Å². The molecule has 0 unspecified atom stereocenters. The molecule has 9 heteroatoms. The molecule has 5 rings (SSSR count). The Labute approximate surface area is 197 Å². The van der Waals surface area contributed by atoms with Gasteiger partial charge in [-0.15, -0.1) is 11.3 Å². The van der Waals surface area contributed by atoms with Gasteiger partial charge in [0.15, 0.2) is 5.78 Å². The average Bonchev–Trinajstić information content (AvgIpc) is 3.44. The fourth-order valence-corrected chi connectivity index (χ4v) is 5.54. The van der Waals surface area contributed by atoms with Crippen molar-refractivity contribution in [1.82, 2.24) is 15.0 Å². The summed E-state index contributed by atoms with van der Waals surface area (Å²) in [5, 5.41) is 5.87. The zero-order chi connectivity index (χ0) is 22.8. The highest BCUT2D eigenvalue weighted by atomic mass is 32.2. The Morgan fingerprint density at radius 3 is 2.39 bits per heavy atom. The maximum atomic E-state index is 13.2. The third kappa shape index (κ3) is 4.15. The highest BCUT2D eigenvalue weighted by molar-refractivity contribution is 8.06. The predicted molar refractivity (Wildman–Crippen MR) is 132 cm³/mol. The highest BCUT2D eigenvalue weighted by Gasteiger charge is 2.33. The van der Waals surface area contributed by atoms with E-state index in [9.17, 15) is 9.59 Å². The van der Waals surface area contributed by atoms with E-state index in [0.29, 0.717) is 5.03 Å². The van der Waals surface area contributed by atoms with Gasteiger partial charge in [-0.2, -0.15) is 0 Å². The fraction of sp³-hybridized carbons (Fsp3) is 0.0417. The molecule has 7 nitrogen and oxygen atoms in total. The molecule has 0 atom stereocenters. The number of para-hydroxylation sites is 2. The molecule has 1 amide bonds. The van der Waals surface area contributed by atoms with Crippen molar-refractivity contribution in [2.75, 3.05) is 10.2 Å². The summed E-state index contributed by atoms with van der Waals surface area (Å²) in [6, 6.07) is 19.2. The molecular weight excluding hydrogens is 454 g/mol. The predicted octanol–water partition coefficient (Wildman–Crippen LogP) is 5.08. The molecule has 1 aliphatic rings. The Kier molecular flexibility index (Phi) is 5.72. The van der Waals surface area contributed by atoms with Gasteiger partial charge in [-0.1, -0.05) is 42.1 Å². The molecule has 0 saturated heterocycles. The van der Waals surface area contributed by atoms with E-state index in [1.54, 1.807) is 17.4 Å². The minimum Gasteiger partial charge on any atom is -0.300 e. The Bertz CT molecular complexity index is 1380. The number of amides is 1. The summed E-state index contributed by atoms with van der Waals surface area (Å²) in [5.74, 6) is -0.780. The molecule has 33 heavy (non-hydrogen) atoms. The molecule has 1 N–H and O–H groups in total. The molecule has 2 aromatic heterocycles. The lowest BCUT2D eigenvalue weighted by molar-refractivity contribution is -0.118. The van der Waals surface area contributed by atoms with Crippen molar-refractivity contribution in [3.63, 3.8) is 0 Å². The van der Waals surface area contributed by atoms with Gasteiger partial charge < -0.3 is 4.90 Å². The van der Waals surface area contributed by atoms with E-state index >= 15 is 0 Å². The lowest BCUT2D eigenvalue weighted by atomic mass is 10.1. The van der Waals surface area contributed by atoms with Crippen LogP contribution >= 0.6 is 23.1 Å². The van der Waals surface area contributed by atoms with Crippen LogP contribution < -0.4 is 10.2 Å². The Morgan fingerprint density at radius 1 is 0.939 bits per heavy atom. The summed E-state index contributed by atoms with van der Waals surface area (Å²) in [5.41, 5.74) is 2.57. The molecular formula is C24H17N5O2S2. The van der Waals surface area contributed by atoms with Crippen molar-refractivity contribution in [3.8, 4) is 0 Å². The van der Waals surface area contributed by atoms with Gasteiger partial charge in [0.2, 0.25) is 5.95 Å². The lowest BCUT2D eigenvalue weighted by Gasteiger charge is -2.24. The van der Waals surface area contributed by atoms with E-state index in [1.165, 1.54) is 31.1 Å². The van der Waals surface area contributed by atoms with Crippen LogP contribution in [0.25, 0.3) is 15.9 Å². The molecule has 0 bridgehead atoms. The van der Waals surface area contributed by atoms with Crippen molar-refractivity contribution in [1.29, 1.82) is 0 Å². The number of thiazole rings is 1. The molecule has 4 aromatic rings. The zero-order valence-electron chi connectivity index (χ0n) is 17.4. The van der Waals surface area contributed by atoms with Crippen LogP contribution in [0.2, 0.25) is 0 Å². The zero-order valence-corrected chi connectivity index (χ0v) is 19.1. The van der Waals surface area contributed by atoms with E-state index in [0.717, 1.165) is 26.6 Å². The van der Waals surface area contributed by atoms with Crippen LogP contribution in [0.1, 0.15) is 11.9 Å². The molecule has 0 radical (unpaired) electrons. The van der Waals surface area contributed by atoms with Gasteiger partial charge in [0, 0.05) is 23.5 Å². The van der Waals surface area contributed by atoms with E-state index in [4.69, 9.17) is 4.98 Å². The number of ketones is 1. The minimum absolute atomic E-state index is 0.0312. The number of rotatable bonds is 5. The number of fused-ring (bicyclic) bond motifs is 1. The number of thioether (sulfide) groups is 1. The van der Waals surface area contributed by atoms with Gasteiger partial charge in [0.05, 0.1) is 15.9 Å². The van der Waals surface area contributed by atoms with Crippen molar-refractivity contribution in [2.24, 2.45) is 0 Å². The fourth-order valence-electron chi connectivity index (χ4n) is 3.39. The van der Waals surface area contributed by atoms with Crippen molar-refractivity contribution >= 4 is 62.3 Å². The number of aromatic nitrogens is 3. The van der Waals surface area contributed by atoms with Crippen LogP contribution in [0.3, 0.4) is 0 Å². The van der Waals surface area contributed by atoms with Crippen molar-refractivity contribution < 1.29 is 9.59 Å². The number of nitrogens with zero attached hydrogens (tertiary/aromatic N) is 4. The smallest absolute Gasteiger partial charge is 0.264 e. The van der Waals surface area contributed by atoms with Crippen molar-refractivity contribution in [2.45, 2.75) is 6.92 Å². The SMILES string of the molecule is CC(=O)/C(C(=O)Nc1ncccn1)=C1\SC=C(c2nc3ccccc3s2)N1c1ccccc1. The number of anilines is 2. The Morgan fingerprint density at radius 2 is 1.67 bits per heavy atom. The Hall–Kier alpha value is -3.82. The Balaban J connectivity index is 1.61. The third-order valence-corrected chi connectivity index (χ3v) is 6.85. The van der Waals surface area contributed by atoms with Crippen LogP contribution in [-0.2, 0) is 9.59 Å². The average molecular weight is 472 g/mol. The number of hydrogen-bond donors (Lipinski definition) is 1. The van der Waals surface area contributed by atoms with E-state index in [-0.39, 0.29) is 17.3 Å². The summed E-state index contributed by atoms with van der Waals surface area (Å²) in [6.07, 6.45) is 3.05. The molecule has 0 saturated carbocycles. The molecule has 0 fully saturated rings. The summed E-state index contributed by atoms with van der Waals surface area (Å²) in [6.45, 7) is 1.38. The second kappa shape index (κ2) is 8.97. The van der Waals surface area contributed by atoms with E-state index in [2.05, 4.69) is 15.3 Å². The van der Waals surface area contributed by atoms with Gasteiger partial charge in [-0.25, -0.2) is 15.0 Å². The maximum Gasteiger partial charge on any atom is 0.264 e. The third-order valence-electron chi connectivity index (χ3n) is 4.84. The van der Waals surface area contributed by atoms with Gasteiger partial charge >= 0.3 is 0 Å². The van der Waals surface area contributed by atoms with E-state index < -0.39 is 5.91 Å². The molecule has 3 heterocycles. The molecule has 0 aliphatic carbocycles. The largest absolute Gasteiger partial charge is 0.300 e. The number of benzene rings is 2. The number of Topliss-reactive ketones (excluding diaryl/α,β-unsaturated/α-hetero) is 1. The minimum atomic E-state index is -0.559. The quantitative estimate of drug-likeness (QED) is 0.247. The standard InChI is InChI=1S/C24H17N5O2S2/c1-15(30)20(21(31)28-24-25-12-7-13-26-24)23-29(16-8-3-2-4-9-16)18(14-32-23)22-27-17-10-5-6-11-19(17)33-22/h2-14H,1H3,(H,25,26,28,31)/b23-20+. The normalized spacial score (nSPS) is 14.8. The second-order valence-electron chi connectivity index (χ2n) is 7.04. The molecule has 0 spiro atoms. The first-order chi connectivity index (χ1) is 16.1. The van der Waals surface area contributed by atoms with Crippen molar-refractivity contribution in [3.05, 3.63) is 94.1 Å². The first-order valence-electron chi connectivity index (χ1n) is 10.0. The monoisotopic (exact) mass is 471 g/mol.